The van der Waals surface area contributed by atoms with Crippen molar-refractivity contribution in [1.82, 2.24) is 5.16 Å². The van der Waals surface area contributed by atoms with Gasteiger partial charge in [-0.1, -0.05) is 28.9 Å². The number of hydrogen-bond acceptors (Lipinski definition) is 5. The average Bonchev–Trinajstić information content (AvgIpc) is 3.16. The van der Waals surface area contributed by atoms with E-state index in [1.54, 1.807) is 23.5 Å². The van der Waals surface area contributed by atoms with E-state index in [-0.39, 0.29) is 12.6 Å². The highest BCUT2D eigenvalue weighted by Gasteiger charge is 2.13. The smallest absolute Gasteiger partial charge is 0.338 e. The second-order valence-electron chi connectivity index (χ2n) is 5.05. The predicted molar refractivity (Wildman–Crippen MR) is 84.9 cm³/mol. The number of benzene rings is 1. The molecule has 2 aromatic heterocycles. The Morgan fingerprint density at radius 2 is 2.14 bits per heavy atom. The van der Waals surface area contributed by atoms with Gasteiger partial charge in [0.1, 0.15) is 12.3 Å². The number of aryl methyl sites for hydroxylation is 2. The van der Waals surface area contributed by atoms with Gasteiger partial charge in [-0.15, -0.1) is 11.3 Å². The molecule has 0 aliphatic rings. The minimum absolute atomic E-state index is 0.0982. The van der Waals surface area contributed by atoms with Crippen LogP contribution in [0.4, 0.5) is 0 Å². The molecule has 5 heteroatoms. The number of carbonyl (C=O) groups is 1. The molecule has 0 bridgehead atoms. The van der Waals surface area contributed by atoms with Crippen LogP contribution < -0.4 is 0 Å². The van der Waals surface area contributed by atoms with Crippen molar-refractivity contribution in [3.8, 4) is 10.6 Å². The Labute approximate surface area is 132 Å². The fraction of sp³-hybridized carbons (Fsp3) is 0.176. The molecule has 0 saturated heterocycles. The number of esters is 1. The van der Waals surface area contributed by atoms with Gasteiger partial charge in [-0.2, -0.15) is 0 Å². The van der Waals surface area contributed by atoms with Crippen molar-refractivity contribution in [2.75, 3.05) is 0 Å². The van der Waals surface area contributed by atoms with Gasteiger partial charge in [-0.05, 0) is 36.9 Å². The molecule has 0 radical (unpaired) electrons. The van der Waals surface area contributed by atoms with Crippen molar-refractivity contribution >= 4 is 17.3 Å². The van der Waals surface area contributed by atoms with Crippen LogP contribution >= 0.6 is 11.3 Å². The van der Waals surface area contributed by atoms with Crippen molar-refractivity contribution in [3.05, 3.63) is 64.2 Å². The van der Waals surface area contributed by atoms with Crippen LogP contribution in [0.25, 0.3) is 10.6 Å². The standard InChI is InChI=1S/C17H15NO3S/c1-11-5-6-14(12(2)8-11)17(19)20-10-13-9-15(21-18-13)16-4-3-7-22-16/h3-9H,10H2,1-2H3. The predicted octanol–water partition coefficient (Wildman–Crippen LogP) is 4.38. The van der Waals surface area contributed by atoms with E-state index in [0.717, 1.165) is 16.0 Å². The molecule has 3 rings (SSSR count). The molecular weight excluding hydrogens is 298 g/mol. The van der Waals surface area contributed by atoms with Crippen LogP contribution in [0.3, 0.4) is 0 Å². The topological polar surface area (TPSA) is 52.3 Å². The molecule has 4 nitrogen and oxygen atoms in total. The van der Waals surface area contributed by atoms with Gasteiger partial charge in [0.25, 0.3) is 0 Å². The summed E-state index contributed by atoms with van der Waals surface area (Å²) < 4.78 is 10.6. The first-order chi connectivity index (χ1) is 10.6. The van der Waals surface area contributed by atoms with Gasteiger partial charge in [0.05, 0.1) is 10.4 Å². The van der Waals surface area contributed by atoms with Crippen LogP contribution in [-0.4, -0.2) is 11.1 Å². The molecule has 0 aliphatic heterocycles. The summed E-state index contributed by atoms with van der Waals surface area (Å²) in [6, 6.07) is 11.3. The van der Waals surface area contributed by atoms with Crippen molar-refractivity contribution in [1.29, 1.82) is 0 Å². The van der Waals surface area contributed by atoms with Gasteiger partial charge < -0.3 is 9.26 Å². The van der Waals surface area contributed by atoms with Crippen molar-refractivity contribution in [2.45, 2.75) is 20.5 Å². The highest BCUT2D eigenvalue weighted by Crippen LogP contribution is 2.25. The lowest BCUT2D eigenvalue weighted by atomic mass is 10.1. The normalized spacial score (nSPS) is 10.6. The minimum Gasteiger partial charge on any atom is -0.455 e. The van der Waals surface area contributed by atoms with Crippen LogP contribution in [0, 0.1) is 13.8 Å². The van der Waals surface area contributed by atoms with E-state index in [1.807, 2.05) is 43.5 Å². The summed E-state index contributed by atoms with van der Waals surface area (Å²) in [5, 5.41) is 5.90. The monoisotopic (exact) mass is 313 g/mol. The molecule has 112 valence electrons. The Morgan fingerprint density at radius 1 is 1.27 bits per heavy atom. The summed E-state index contributed by atoms with van der Waals surface area (Å²) in [7, 11) is 0. The molecular formula is C17H15NO3S. The summed E-state index contributed by atoms with van der Waals surface area (Å²) in [6.45, 7) is 3.99. The van der Waals surface area contributed by atoms with E-state index in [2.05, 4.69) is 5.16 Å². The molecule has 0 fully saturated rings. The summed E-state index contributed by atoms with van der Waals surface area (Å²) in [5.74, 6) is 0.339. The van der Waals surface area contributed by atoms with E-state index in [1.165, 1.54) is 0 Å². The molecule has 2 heterocycles. The molecule has 0 saturated carbocycles. The fourth-order valence-corrected chi connectivity index (χ4v) is 2.85. The lowest BCUT2D eigenvalue weighted by molar-refractivity contribution is 0.0463. The van der Waals surface area contributed by atoms with Crippen LogP contribution in [0.15, 0.2) is 46.3 Å². The largest absolute Gasteiger partial charge is 0.455 e. The molecule has 1 aromatic carbocycles. The molecule has 0 spiro atoms. The zero-order valence-electron chi connectivity index (χ0n) is 12.3. The van der Waals surface area contributed by atoms with E-state index < -0.39 is 0 Å². The second-order valence-corrected chi connectivity index (χ2v) is 6.00. The zero-order chi connectivity index (χ0) is 15.5. The third-order valence-corrected chi connectivity index (χ3v) is 4.16. The lowest BCUT2D eigenvalue weighted by Crippen LogP contribution is -2.07. The van der Waals surface area contributed by atoms with Crippen LogP contribution in [0.1, 0.15) is 27.2 Å². The third-order valence-electron chi connectivity index (χ3n) is 3.28. The van der Waals surface area contributed by atoms with Crippen LogP contribution in [0.2, 0.25) is 0 Å². The van der Waals surface area contributed by atoms with Crippen molar-refractivity contribution in [3.63, 3.8) is 0 Å². The highest BCUT2D eigenvalue weighted by atomic mass is 32.1. The van der Waals surface area contributed by atoms with Gasteiger partial charge in [0.2, 0.25) is 0 Å². The molecule has 0 atom stereocenters. The number of aromatic nitrogens is 1. The minimum atomic E-state index is -0.349. The first-order valence-electron chi connectivity index (χ1n) is 6.87. The number of rotatable bonds is 4. The Morgan fingerprint density at radius 3 is 2.86 bits per heavy atom. The molecule has 0 N–H and O–H groups in total. The van der Waals surface area contributed by atoms with Gasteiger partial charge in [-0.25, -0.2) is 4.79 Å². The summed E-state index contributed by atoms with van der Waals surface area (Å²) in [4.78, 5) is 13.1. The Balaban J connectivity index is 1.66. The average molecular weight is 313 g/mol. The quantitative estimate of drug-likeness (QED) is 0.671. The van der Waals surface area contributed by atoms with E-state index in [4.69, 9.17) is 9.26 Å². The summed E-state index contributed by atoms with van der Waals surface area (Å²) >= 11 is 1.57. The van der Waals surface area contributed by atoms with Crippen LogP contribution in [-0.2, 0) is 11.3 Å². The summed E-state index contributed by atoms with van der Waals surface area (Å²) in [6.07, 6.45) is 0. The SMILES string of the molecule is Cc1ccc(C(=O)OCc2cc(-c3cccs3)on2)c(C)c1. The van der Waals surface area contributed by atoms with Crippen molar-refractivity contribution in [2.24, 2.45) is 0 Å². The van der Waals surface area contributed by atoms with E-state index in [9.17, 15) is 4.79 Å². The molecule has 3 aromatic rings. The van der Waals surface area contributed by atoms with Crippen LogP contribution in [0.5, 0.6) is 0 Å². The van der Waals surface area contributed by atoms with Gasteiger partial charge in [0, 0.05) is 6.07 Å². The molecule has 0 amide bonds. The number of ether oxygens (including phenoxy) is 1. The maximum atomic E-state index is 12.1. The second kappa shape index (κ2) is 6.15. The Bertz CT molecular complexity index is 790. The number of carbonyl (C=O) groups excluding carboxylic acids is 1. The molecule has 0 aliphatic carbocycles. The van der Waals surface area contributed by atoms with E-state index in [0.29, 0.717) is 17.0 Å². The van der Waals surface area contributed by atoms with Crippen molar-refractivity contribution < 1.29 is 14.1 Å². The lowest BCUT2D eigenvalue weighted by Gasteiger charge is -2.06. The van der Waals surface area contributed by atoms with Gasteiger partial charge in [-0.3, -0.25) is 0 Å². The fourth-order valence-electron chi connectivity index (χ4n) is 2.17. The highest BCUT2D eigenvalue weighted by molar-refractivity contribution is 7.13. The molecule has 22 heavy (non-hydrogen) atoms. The Kier molecular flexibility index (Phi) is 4.06. The maximum Gasteiger partial charge on any atom is 0.338 e. The number of thiophene rings is 1. The third kappa shape index (κ3) is 3.09. The maximum absolute atomic E-state index is 12.1. The first-order valence-corrected chi connectivity index (χ1v) is 7.75. The number of hydrogen-bond donors (Lipinski definition) is 0. The Hall–Kier alpha value is -2.40. The number of nitrogens with zero attached hydrogens (tertiary/aromatic N) is 1. The summed E-state index contributed by atoms with van der Waals surface area (Å²) in [5.41, 5.74) is 3.20. The van der Waals surface area contributed by atoms with E-state index >= 15 is 0 Å². The zero-order valence-corrected chi connectivity index (χ0v) is 13.1. The van der Waals surface area contributed by atoms with Gasteiger partial charge >= 0.3 is 5.97 Å². The van der Waals surface area contributed by atoms with Gasteiger partial charge in [0.15, 0.2) is 5.76 Å². The molecule has 0 unspecified atom stereocenters. The first kappa shape index (κ1) is 14.5.